The Labute approximate surface area is 120 Å². The lowest BCUT2D eigenvalue weighted by Crippen LogP contribution is -2.22. The van der Waals surface area contributed by atoms with Crippen molar-refractivity contribution in [3.05, 3.63) is 66.1 Å². The summed E-state index contributed by atoms with van der Waals surface area (Å²) < 4.78 is 15.2. The van der Waals surface area contributed by atoms with E-state index in [-0.39, 0.29) is 12.1 Å². The second-order valence-electron chi connectivity index (χ2n) is 3.72. The fourth-order valence-corrected chi connectivity index (χ4v) is 2.00. The molecule has 0 atom stereocenters. The van der Waals surface area contributed by atoms with Crippen LogP contribution in [0.25, 0.3) is 0 Å². The van der Waals surface area contributed by atoms with Gasteiger partial charge in [0.05, 0.1) is 21.4 Å². The van der Waals surface area contributed by atoms with Crippen molar-refractivity contribution in [2.75, 3.05) is 0 Å². The molecule has 0 radical (unpaired) electrons. The van der Waals surface area contributed by atoms with Crippen LogP contribution in [0.1, 0.15) is 5.56 Å². The van der Waals surface area contributed by atoms with Crippen LogP contribution in [0.15, 0.2) is 35.5 Å². The molecular weight excluding hydrogens is 368 g/mol. The fraction of sp³-hybridized carbons (Fsp3) is 0.0909. The molecule has 0 bridgehead atoms. The van der Waals surface area contributed by atoms with Crippen LogP contribution in [0.3, 0.4) is 0 Å². The number of halogens is 2. The summed E-state index contributed by atoms with van der Waals surface area (Å²) in [4.78, 5) is 25.3. The Kier molecular flexibility index (Phi) is 3.88. The molecule has 98 valence electrons. The van der Waals surface area contributed by atoms with E-state index in [4.69, 9.17) is 0 Å². The van der Waals surface area contributed by atoms with E-state index in [0.29, 0.717) is 9.13 Å². The molecule has 6 nitrogen and oxygen atoms in total. The van der Waals surface area contributed by atoms with Crippen molar-refractivity contribution in [3.8, 4) is 0 Å². The van der Waals surface area contributed by atoms with Crippen LogP contribution < -0.4 is 5.56 Å². The lowest BCUT2D eigenvalue weighted by atomic mass is 10.2. The van der Waals surface area contributed by atoms with Crippen molar-refractivity contribution < 1.29 is 9.31 Å². The molecule has 0 spiro atoms. The number of hydrogen-bond donors (Lipinski definition) is 0. The van der Waals surface area contributed by atoms with Crippen molar-refractivity contribution in [1.29, 1.82) is 0 Å². The van der Waals surface area contributed by atoms with Crippen molar-refractivity contribution >= 4 is 28.3 Å². The van der Waals surface area contributed by atoms with Gasteiger partial charge in [-0.05, 0) is 34.2 Å². The number of nitro groups is 1. The zero-order valence-corrected chi connectivity index (χ0v) is 11.6. The monoisotopic (exact) mass is 375 g/mol. The van der Waals surface area contributed by atoms with E-state index in [0.717, 1.165) is 12.1 Å². The van der Waals surface area contributed by atoms with Crippen LogP contribution in [0.2, 0.25) is 0 Å². The van der Waals surface area contributed by atoms with Gasteiger partial charge < -0.3 is 0 Å². The molecule has 8 heteroatoms. The van der Waals surface area contributed by atoms with E-state index in [1.165, 1.54) is 23.2 Å². The van der Waals surface area contributed by atoms with Crippen LogP contribution in [-0.2, 0) is 6.54 Å². The molecule has 2 aromatic rings. The Morgan fingerprint density at radius 1 is 1.47 bits per heavy atom. The first-order valence-corrected chi connectivity index (χ1v) is 6.19. The van der Waals surface area contributed by atoms with Gasteiger partial charge >= 0.3 is 5.69 Å². The lowest BCUT2D eigenvalue weighted by molar-refractivity contribution is -0.387. The van der Waals surface area contributed by atoms with Crippen LogP contribution in [0.5, 0.6) is 0 Å². The SMILES string of the molecule is O=c1c(I)cncn1Cc1ccc([N+](=O)[O-])c(F)c1. The highest BCUT2D eigenvalue weighted by Crippen LogP contribution is 2.18. The van der Waals surface area contributed by atoms with Gasteiger partial charge in [-0.3, -0.25) is 19.5 Å². The number of nitro benzene ring substituents is 1. The number of rotatable bonds is 3. The number of hydrogen-bond acceptors (Lipinski definition) is 4. The Hall–Kier alpha value is -1.84. The van der Waals surface area contributed by atoms with E-state index in [1.807, 2.05) is 22.6 Å². The first-order chi connectivity index (χ1) is 8.99. The summed E-state index contributed by atoms with van der Waals surface area (Å²) in [7, 11) is 0. The van der Waals surface area contributed by atoms with Crippen molar-refractivity contribution in [1.82, 2.24) is 9.55 Å². The van der Waals surface area contributed by atoms with E-state index < -0.39 is 16.4 Å². The van der Waals surface area contributed by atoms with Crippen molar-refractivity contribution in [2.24, 2.45) is 0 Å². The van der Waals surface area contributed by atoms with Crippen LogP contribution in [0, 0.1) is 19.5 Å². The quantitative estimate of drug-likeness (QED) is 0.467. The minimum atomic E-state index is -0.922. The Balaban J connectivity index is 2.34. The maximum atomic E-state index is 13.4. The Morgan fingerprint density at radius 3 is 2.84 bits per heavy atom. The highest BCUT2D eigenvalue weighted by molar-refractivity contribution is 14.1. The maximum Gasteiger partial charge on any atom is 0.304 e. The van der Waals surface area contributed by atoms with Gasteiger partial charge in [0, 0.05) is 12.3 Å². The van der Waals surface area contributed by atoms with Crippen molar-refractivity contribution in [3.63, 3.8) is 0 Å². The van der Waals surface area contributed by atoms with Gasteiger partial charge in [0.15, 0.2) is 0 Å². The summed E-state index contributed by atoms with van der Waals surface area (Å²) in [6.07, 6.45) is 2.76. The van der Waals surface area contributed by atoms with E-state index in [9.17, 15) is 19.3 Å². The predicted molar refractivity (Wildman–Crippen MR) is 73.4 cm³/mol. The molecule has 2 rings (SSSR count). The average molecular weight is 375 g/mol. The largest absolute Gasteiger partial charge is 0.304 e. The standard InChI is InChI=1S/C11H7FIN3O3/c12-8-3-7(1-2-10(8)16(18)19)5-15-6-14-4-9(13)11(15)17/h1-4,6H,5H2. The lowest BCUT2D eigenvalue weighted by Gasteiger charge is -2.05. The second-order valence-corrected chi connectivity index (χ2v) is 4.88. The normalized spacial score (nSPS) is 10.4. The van der Waals surface area contributed by atoms with Gasteiger partial charge in [0.25, 0.3) is 5.56 Å². The number of benzene rings is 1. The van der Waals surface area contributed by atoms with Crippen LogP contribution in [-0.4, -0.2) is 14.5 Å². The third kappa shape index (κ3) is 2.95. The third-order valence-corrected chi connectivity index (χ3v) is 3.16. The average Bonchev–Trinajstić information content (AvgIpc) is 2.34. The minimum Gasteiger partial charge on any atom is -0.294 e. The molecule has 19 heavy (non-hydrogen) atoms. The highest BCUT2D eigenvalue weighted by atomic mass is 127. The maximum absolute atomic E-state index is 13.4. The summed E-state index contributed by atoms with van der Waals surface area (Å²) in [6, 6.07) is 3.54. The molecule has 0 saturated heterocycles. The molecule has 1 heterocycles. The first-order valence-electron chi connectivity index (χ1n) is 5.12. The molecular formula is C11H7FIN3O3. The molecule has 0 N–H and O–H groups in total. The van der Waals surface area contributed by atoms with Gasteiger partial charge in [-0.25, -0.2) is 4.98 Å². The molecule has 0 unspecified atom stereocenters. The van der Waals surface area contributed by atoms with E-state index in [1.54, 1.807) is 0 Å². The van der Waals surface area contributed by atoms with Gasteiger partial charge in [-0.1, -0.05) is 6.07 Å². The molecule has 0 amide bonds. The summed E-state index contributed by atoms with van der Waals surface area (Å²) in [5, 5.41) is 10.5. The third-order valence-electron chi connectivity index (χ3n) is 2.42. The summed E-state index contributed by atoms with van der Waals surface area (Å²) >= 11 is 1.85. The fourth-order valence-electron chi connectivity index (χ4n) is 1.53. The zero-order valence-electron chi connectivity index (χ0n) is 9.42. The summed E-state index contributed by atoms with van der Waals surface area (Å²) in [6.45, 7) is 0.109. The molecule has 0 aliphatic carbocycles. The zero-order chi connectivity index (χ0) is 14.0. The van der Waals surface area contributed by atoms with Crippen molar-refractivity contribution in [2.45, 2.75) is 6.54 Å². The topological polar surface area (TPSA) is 78.0 Å². The van der Waals surface area contributed by atoms with Crippen LogP contribution in [0.4, 0.5) is 10.1 Å². The second kappa shape index (κ2) is 5.43. The van der Waals surface area contributed by atoms with Gasteiger partial charge in [-0.15, -0.1) is 0 Å². The minimum absolute atomic E-state index is 0.109. The summed E-state index contributed by atoms with van der Waals surface area (Å²) in [5.74, 6) is -0.922. The predicted octanol–water partition coefficient (Wildman–Crippen LogP) is 1.94. The molecule has 0 aliphatic heterocycles. The van der Waals surface area contributed by atoms with Gasteiger partial charge in [0.2, 0.25) is 5.82 Å². The van der Waals surface area contributed by atoms with E-state index >= 15 is 0 Å². The van der Waals surface area contributed by atoms with E-state index in [2.05, 4.69) is 4.98 Å². The van der Waals surface area contributed by atoms with Gasteiger partial charge in [-0.2, -0.15) is 4.39 Å². The number of aromatic nitrogens is 2. The molecule has 0 fully saturated rings. The Morgan fingerprint density at radius 2 is 2.21 bits per heavy atom. The van der Waals surface area contributed by atoms with Gasteiger partial charge in [0.1, 0.15) is 0 Å². The summed E-state index contributed by atoms with van der Waals surface area (Å²) in [5.41, 5.74) is -0.375. The van der Waals surface area contributed by atoms with Crippen LogP contribution >= 0.6 is 22.6 Å². The molecule has 1 aromatic carbocycles. The first kappa shape index (κ1) is 13.6. The smallest absolute Gasteiger partial charge is 0.294 e. The molecule has 1 aromatic heterocycles. The Bertz CT molecular complexity index is 702. The molecule has 0 saturated carbocycles. The number of nitrogens with zero attached hydrogens (tertiary/aromatic N) is 3. The highest BCUT2D eigenvalue weighted by Gasteiger charge is 2.14. The molecule has 0 aliphatic rings.